The first-order chi connectivity index (χ1) is 14.5. The van der Waals surface area contributed by atoms with Gasteiger partial charge in [0.1, 0.15) is 5.75 Å². The van der Waals surface area contributed by atoms with Gasteiger partial charge in [-0.1, -0.05) is 41.1 Å². The van der Waals surface area contributed by atoms with E-state index in [-0.39, 0.29) is 18.4 Å². The highest BCUT2D eigenvalue weighted by atomic mass is 79.9. The number of likely N-dealkylation sites (tertiary alicyclic amines) is 1. The number of fused-ring (bicyclic) bond motifs is 1. The normalized spacial score (nSPS) is 17.1. The molecule has 1 saturated heterocycles. The first-order valence-electron chi connectivity index (χ1n) is 10.6. The van der Waals surface area contributed by atoms with Gasteiger partial charge in [-0.2, -0.15) is 0 Å². The topological polar surface area (TPSA) is 49.9 Å². The molecule has 2 heterocycles. The molecule has 6 heteroatoms. The summed E-state index contributed by atoms with van der Waals surface area (Å²) in [5.74, 6) is 1.38. The van der Waals surface area contributed by atoms with E-state index in [2.05, 4.69) is 22.9 Å². The van der Waals surface area contributed by atoms with Gasteiger partial charge in [-0.25, -0.2) is 0 Å². The lowest BCUT2D eigenvalue weighted by Crippen LogP contribution is -2.40. The van der Waals surface area contributed by atoms with Crippen molar-refractivity contribution >= 4 is 27.7 Å². The second kappa shape index (κ2) is 9.21. The van der Waals surface area contributed by atoms with Crippen LogP contribution in [0.2, 0.25) is 0 Å². The molecule has 0 atom stereocenters. The fraction of sp³-hybridized carbons (Fsp3) is 0.417. The number of hydrogen-bond donors (Lipinski definition) is 0. The van der Waals surface area contributed by atoms with Crippen LogP contribution in [0.15, 0.2) is 46.9 Å². The van der Waals surface area contributed by atoms with E-state index in [1.807, 2.05) is 52.3 Å². The first kappa shape index (κ1) is 20.9. The summed E-state index contributed by atoms with van der Waals surface area (Å²) in [4.78, 5) is 29.3. The quantitative estimate of drug-likeness (QED) is 0.654. The Morgan fingerprint density at radius 3 is 2.57 bits per heavy atom. The van der Waals surface area contributed by atoms with Gasteiger partial charge in [0, 0.05) is 41.8 Å². The third-order valence-corrected chi connectivity index (χ3v) is 6.59. The average molecular weight is 471 g/mol. The number of nitrogens with zero attached hydrogens (tertiary/aromatic N) is 2. The Hall–Kier alpha value is -2.34. The summed E-state index contributed by atoms with van der Waals surface area (Å²) < 4.78 is 6.92. The van der Waals surface area contributed by atoms with Crippen molar-refractivity contribution in [2.24, 2.45) is 5.92 Å². The smallest absolute Gasteiger partial charge is 0.260 e. The Kier molecular flexibility index (Phi) is 6.42. The predicted octanol–water partition coefficient (Wildman–Crippen LogP) is 4.28. The number of benzene rings is 2. The average Bonchev–Trinajstić information content (AvgIpc) is 2.76. The highest BCUT2D eigenvalue weighted by Crippen LogP contribution is 2.29. The minimum atomic E-state index is 0.0148. The third kappa shape index (κ3) is 4.69. The van der Waals surface area contributed by atoms with Crippen LogP contribution in [0.5, 0.6) is 5.75 Å². The maximum Gasteiger partial charge on any atom is 0.260 e. The lowest BCUT2D eigenvalue weighted by molar-refractivity contribution is -0.134. The molecule has 5 nitrogen and oxygen atoms in total. The zero-order valence-electron chi connectivity index (χ0n) is 17.3. The number of carbonyl (C=O) groups is 2. The molecule has 2 aromatic rings. The maximum atomic E-state index is 13.0. The van der Waals surface area contributed by atoms with Crippen LogP contribution in [0, 0.1) is 5.92 Å². The second-order valence-corrected chi connectivity index (χ2v) is 9.15. The highest BCUT2D eigenvalue weighted by molar-refractivity contribution is 9.10. The number of piperidine rings is 1. The van der Waals surface area contributed by atoms with Gasteiger partial charge in [-0.3, -0.25) is 9.59 Å². The van der Waals surface area contributed by atoms with E-state index in [0.717, 1.165) is 48.0 Å². The summed E-state index contributed by atoms with van der Waals surface area (Å²) in [6.07, 6.45) is 2.83. The van der Waals surface area contributed by atoms with Gasteiger partial charge in [0.25, 0.3) is 11.8 Å². The Labute approximate surface area is 186 Å². The molecule has 0 aliphatic carbocycles. The largest absolute Gasteiger partial charge is 0.483 e. The van der Waals surface area contributed by atoms with Crippen LogP contribution < -0.4 is 4.74 Å². The lowest BCUT2D eigenvalue weighted by Gasteiger charge is -2.31. The molecule has 0 bridgehead atoms. The number of hydrogen-bond acceptors (Lipinski definition) is 3. The molecule has 2 amide bonds. The number of ether oxygens (including phenoxy) is 1. The van der Waals surface area contributed by atoms with Crippen molar-refractivity contribution in [3.05, 3.63) is 63.6 Å². The number of rotatable bonds is 5. The second-order valence-electron chi connectivity index (χ2n) is 8.24. The molecule has 2 aliphatic heterocycles. The van der Waals surface area contributed by atoms with Crippen molar-refractivity contribution in [2.75, 3.05) is 26.2 Å². The van der Waals surface area contributed by atoms with Crippen LogP contribution in [0.3, 0.4) is 0 Å². The number of halogens is 1. The van der Waals surface area contributed by atoms with Crippen molar-refractivity contribution < 1.29 is 14.3 Å². The lowest BCUT2D eigenvalue weighted by atomic mass is 9.97. The molecule has 158 valence electrons. The molecule has 30 heavy (non-hydrogen) atoms. The molecule has 0 spiro atoms. The summed E-state index contributed by atoms with van der Waals surface area (Å²) >= 11 is 3.44. The van der Waals surface area contributed by atoms with Crippen LogP contribution in [-0.4, -0.2) is 47.9 Å². The standard InChI is InChI=1S/C24H27BrN2O3/c1-17-9-12-26(13-10-17)23(28)16-30-22-4-2-3-21-20(22)11-14-27(24(21)29)15-18-5-7-19(25)8-6-18/h2-8,17H,9-16H2,1H3. The maximum absolute atomic E-state index is 13.0. The molecule has 0 aromatic heterocycles. The Morgan fingerprint density at radius 1 is 1.10 bits per heavy atom. The summed E-state index contributed by atoms with van der Waals surface area (Å²) in [6, 6.07) is 13.6. The van der Waals surface area contributed by atoms with Gasteiger partial charge < -0.3 is 14.5 Å². The van der Waals surface area contributed by atoms with Crippen LogP contribution in [-0.2, 0) is 17.8 Å². The van der Waals surface area contributed by atoms with Crippen LogP contribution in [0.4, 0.5) is 0 Å². The molecule has 4 rings (SSSR count). The van der Waals surface area contributed by atoms with Gasteiger partial charge in [0.15, 0.2) is 6.61 Å². The van der Waals surface area contributed by atoms with Gasteiger partial charge in [-0.05, 0) is 55.0 Å². The zero-order valence-corrected chi connectivity index (χ0v) is 18.9. The highest BCUT2D eigenvalue weighted by Gasteiger charge is 2.27. The van der Waals surface area contributed by atoms with Gasteiger partial charge in [0.2, 0.25) is 0 Å². The number of amides is 2. The van der Waals surface area contributed by atoms with Crippen LogP contribution >= 0.6 is 15.9 Å². The molecule has 1 fully saturated rings. The molecule has 0 saturated carbocycles. The molecule has 2 aromatic carbocycles. The fourth-order valence-corrected chi connectivity index (χ4v) is 4.39. The Bertz CT molecular complexity index is 921. The van der Waals surface area contributed by atoms with Crippen molar-refractivity contribution in [3.8, 4) is 5.75 Å². The van der Waals surface area contributed by atoms with E-state index in [9.17, 15) is 9.59 Å². The van der Waals surface area contributed by atoms with Crippen LogP contribution in [0.1, 0.15) is 41.3 Å². The Balaban J connectivity index is 1.41. The minimum absolute atomic E-state index is 0.0148. The third-order valence-electron chi connectivity index (χ3n) is 6.06. The van der Waals surface area contributed by atoms with E-state index >= 15 is 0 Å². The molecular formula is C24H27BrN2O3. The summed E-state index contributed by atoms with van der Waals surface area (Å²) in [5, 5.41) is 0. The number of carbonyl (C=O) groups excluding carboxylic acids is 2. The van der Waals surface area contributed by atoms with E-state index in [0.29, 0.717) is 30.3 Å². The predicted molar refractivity (Wildman–Crippen MR) is 120 cm³/mol. The molecule has 0 radical (unpaired) electrons. The molecule has 0 unspecified atom stereocenters. The Morgan fingerprint density at radius 2 is 1.83 bits per heavy atom. The fourth-order valence-electron chi connectivity index (χ4n) is 4.13. The molecule has 0 N–H and O–H groups in total. The summed E-state index contributed by atoms with van der Waals surface area (Å²) in [7, 11) is 0. The summed E-state index contributed by atoms with van der Waals surface area (Å²) in [6.45, 7) is 5.09. The van der Waals surface area contributed by atoms with Crippen molar-refractivity contribution in [3.63, 3.8) is 0 Å². The van der Waals surface area contributed by atoms with Crippen molar-refractivity contribution in [1.82, 2.24) is 9.80 Å². The van der Waals surface area contributed by atoms with E-state index < -0.39 is 0 Å². The van der Waals surface area contributed by atoms with E-state index in [4.69, 9.17) is 4.74 Å². The summed E-state index contributed by atoms with van der Waals surface area (Å²) in [5.41, 5.74) is 2.69. The first-order valence-corrected chi connectivity index (χ1v) is 11.4. The monoisotopic (exact) mass is 470 g/mol. The molecule has 2 aliphatic rings. The van der Waals surface area contributed by atoms with E-state index in [1.165, 1.54) is 0 Å². The zero-order chi connectivity index (χ0) is 21.1. The van der Waals surface area contributed by atoms with Gasteiger partial charge in [-0.15, -0.1) is 0 Å². The van der Waals surface area contributed by atoms with Gasteiger partial charge in [0.05, 0.1) is 0 Å². The van der Waals surface area contributed by atoms with Crippen molar-refractivity contribution in [1.29, 1.82) is 0 Å². The SMILES string of the molecule is CC1CCN(C(=O)COc2cccc3c2CCN(Cc2ccc(Br)cc2)C3=O)CC1. The van der Waals surface area contributed by atoms with Crippen LogP contribution in [0.25, 0.3) is 0 Å². The van der Waals surface area contributed by atoms with Gasteiger partial charge >= 0.3 is 0 Å². The van der Waals surface area contributed by atoms with Crippen molar-refractivity contribution in [2.45, 2.75) is 32.7 Å². The van der Waals surface area contributed by atoms with E-state index in [1.54, 1.807) is 0 Å². The molecular weight excluding hydrogens is 444 g/mol. The minimum Gasteiger partial charge on any atom is -0.483 e.